The van der Waals surface area contributed by atoms with Crippen LogP contribution in [-0.4, -0.2) is 16.0 Å². The Hall–Kier alpha value is -2.07. The van der Waals surface area contributed by atoms with Crippen molar-refractivity contribution in [1.82, 2.24) is 0 Å². The van der Waals surface area contributed by atoms with Crippen molar-refractivity contribution in [2.75, 3.05) is 11.1 Å². The molecule has 0 spiro atoms. The molecule has 0 aromatic heterocycles. The van der Waals surface area contributed by atoms with Crippen LogP contribution in [0.1, 0.15) is 5.56 Å². The summed E-state index contributed by atoms with van der Waals surface area (Å²) in [6.45, 7) is 4.22. The summed E-state index contributed by atoms with van der Waals surface area (Å²) in [6.07, 6.45) is 1.87. The molecule has 0 fully saturated rings. The van der Waals surface area contributed by atoms with Crippen molar-refractivity contribution in [3.05, 3.63) is 60.7 Å². The van der Waals surface area contributed by atoms with Gasteiger partial charge in [-0.1, -0.05) is 18.2 Å². The fourth-order valence-electron chi connectivity index (χ4n) is 1.78. The van der Waals surface area contributed by atoms with Gasteiger partial charge in [0.2, 0.25) is 0 Å². The number of para-hydroxylation sites is 1. The number of nitrogens with one attached hydrogen (secondary N) is 1. The average molecular weight is 287 g/mol. The minimum absolute atomic E-state index is 0.0631. The Morgan fingerprint density at radius 3 is 2.70 bits per heavy atom. The molecule has 0 unspecified atom stereocenters. The molecule has 104 valence electrons. The molecule has 0 radical (unpaired) electrons. The zero-order valence-corrected chi connectivity index (χ0v) is 11.9. The van der Waals surface area contributed by atoms with Gasteiger partial charge in [0.25, 0.3) is 0 Å². The van der Waals surface area contributed by atoms with Gasteiger partial charge in [0, 0.05) is 34.5 Å². The molecule has 2 rings (SSSR count). The number of benzene rings is 2. The van der Waals surface area contributed by atoms with Gasteiger partial charge < -0.3 is 15.5 Å². The summed E-state index contributed by atoms with van der Waals surface area (Å²) in [5, 5.41) is 22.3. The number of anilines is 1. The maximum atomic E-state index is 9.76. The Morgan fingerprint density at radius 2 is 1.95 bits per heavy atom. The highest BCUT2D eigenvalue weighted by Gasteiger charge is 2.05. The van der Waals surface area contributed by atoms with E-state index < -0.39 is 0 Å². The molecule has 0 bridgehead atoms. The summed E-state index contributed by atoms with van der Waals surface area (Å²) in [7, 11) is 0. The van der Waals surface area contributed by atoms with Gasteiger partial charge in [-0.15, -0.1) is 18.3 Å². The molecule has 2 aromatic carbocycles. The average Bonchev–Trinajstić information content (AvgIpc) is 2.45. The van der Waals surface area contributed by atoms with Crippen LogP contribution in [0.25, 0.3) is 0 Å². The third-order valence-electron chi connectivity index (χ3n) is 2.78. The predicted molar refractivity (Wildman–Crippen MR) is 84.5 cm³/mol. The Bertz CT molecular complexity index is 599. The second-order valence-corrected chi connectivity index (χ2v) is 5.32. The molecule has 0 atom stereocenters. The van der Waals surface area contributed by atoms with Gasteiger partial charge in [0.15, 0.2) is 0 Å². The summed E-state index contributed by atoms with van der Waals surface area (Å²) in [5.41, 5.74) is 1.76. The number of rotatable bonds is 6. The first-order valence-corrected chi connectivity index (χ1v) is 7.26. The lowest BCUT2D eigenvalue weighted by molar-refractivity contribution is 0.446. The molecule has 0 aliphatic heterocycles. The van der Waals surface area contributed by atoms with Crippen LogP contribution in [0.5, 0.6) is 11.5 Å². The third-order valence-corrected chi connectivity index (χ3v) is 3.85. The van der Waals surface area contributed by atoms with Gasteiger partial charge in [-0.2, -0.15) is 0 Å². The first-order chi connectivity index (χ1) is 9.70. The first kappa shape index (κ1) is 14.3. The number of hydrogen-bond donors (Lipinski definition) is 3. The first-order valence-electron chi connectivity index (χ1n) is 6.28. The van der Waals surface area contributed by atoms with E-state index in [0.29, 0.717) is 6.54 Å². The van der Waals surface area contributed by atoms with Crippen molar-refractivity contribution in [3.8, 4) is 11.5 Å². The molecular formula is C16H17NO2S. The molecule has 0 saturated carbocycles. The van der Waals surface area contributed by atoms with Crippen LogP contribution in [0.2, 0.25) is 0 Å². The Kier molecular flexibility index (Phi) is 4.96. The third kappa shape index (κ3) is 3.71. The van der Waals surface area contributed by atoms with E-state index in [2.05, 4.69) is 11.9 Å². The highest BCUT2D eigenvalue weighted by Crippen LogP contribution is 2.29. The molecule has 4 heteroatoms. The van der Waals surface area contributed by atoms with Gasteiger partial charge in [-0.3, -0.25) is 0 Å². The van der Waals surface area contributed by atoms with Crippen molar-refractivity contribution in [3.63, 3.8) is 0 Å². The van der Waals surface area contributed by atoms with Crippen molar-refractivity contribution < 1.29 is 10.2 Å². The Morgan fingerprint density at radius 1 is 1.15 bits per heavy atom. The summed E-state index contributed by atoms with van der Waals surface area (Å²) in [5.74, 6) is 1.00. The predicted octanol–water partition coefficient (Wildman–Crippen LogP) is 3.99. The van der Waals surface area contributed by atoms with Crippen LogP contribution in [0, 0.1) is 0 Å². The number of hydrogen-bond acceptors (Lipinski definition) is 4. The largest absolute Gasteiger partial charge is 0.508 e. The second-order valence-electron chi connectivity index (χ2n) is 4.26. The van der Waals surface area contributed by atoms with E-state index in [4.69, 9.17) is 0 Å². The summed E-state index contributed by atoms with van der Waals surface area (Å²) < 4.78 is 0. The molecule has 0 aliphatic carbocycles. The fraction of sp³-hybridized carbons (Fsp3) is 0.125. The van der Waals surface area contributed by atoms with Crippen molar-refractivity contribution in [2.45, 2.75) is 11.4 Å². The second kappa shape index (κ2) is 6.91. The molecule has 0 aliphatic rings. The molecule has 2 aromatic rings. The van der Waals surface area contributed by atoms with Gasteiger partial charge in [0.1, 0.15) is 11.5 Å². The summed E-state index contributed by atoms with van der Waals surface area (Å²) >= 11 is 1.71. The van der Waals surface area contributed by atoms with Gasteiger partial charge >= 0.3 is 0 Å². The number of aromatic hydroxyl groups is 2. The van der Waals surface area contributed by atoms with Crippen LogP contribution in [-0.2, 0) is 6.54 Å². The monoisotopic (exact) mass is 287 g/mol. The molecule has 3 N–H and O–H groups in total. The highest BCUT2D eigenvalue weighted by atomic mass is 32.2. The SMILES string of the molecule is C=CCSc1ccccc1NCc1ccc(O)cc1O. The maximum absolute atomic E-state index is 9.76. The van der Waals surface area contributed by atoms with Crippen LogP contribution < -0.4 is 5.32 Å². The smallest absolute Gasteiger partial charge is 0.124 e. The molecule has 3 nitrogen and oxygen atoms in total. The maximum Gasteiger partial charge on any atom is 0.124 e. The van der Waals surface area contributed by atoms with Gasteiger partial charge in [0.05, 0.1) is 0 Å². The lowest BCUT2D eigenvalue weighted by Crippen LogP contribution is -2.00. The standard InChI is InChI=1S/C16H17NO2S/c1-2-9-20-16-6-4-3-5-14(16)17-11-12-7-8-13(18)10-15(12)19/h2-8,10,17-19H,1,9,11H2. The van der Waals surface area contributed by atoms with E-state index in [1.165, 1.54) is 6.07 Å². The van der Waals surface area contributed by atoms with Crippen LogP contribution in [0.3, 0.4) is 0 Å². The molecule has 0 amide bonds. The minimum Gasteiger partial charge on any atom is -0.508 e. The number of phenolic OH excluding ortho intramolecular Hbond substituents is 2. The van der Waals surface area contributed by atoms with Crippen LogP contribution in [0.15, 0.2) is 60.0 Å². The normalized spacial score (nSPS) is 10.2. The number of thioether (sulfide) groups is 1. The lowest BCUT2D eigenvalue weighted by atomic mass is 10.2. The zero-order chi connectivity index (χ0) is 14.4. The van der Waals surface area contributed by atoms with E-state index in [-0.39, 0.29) is 11.5 Å². The van der Waals surface area contributed by atoms with Crippen LogP contribution >= 0.6 is 11.8 Å². The van der Waals surface area contributed by atoms with E-state index in [1.807, 2.05) is 30.3 Å². The number of phenols is 2. The summed E-state index contributed by atoms with van der Waals surface area (Å²) in [6, 6.07) is 12.6. The van der Waals surface area contributed by atoms with Gasteiger partial charge in [-0.25, -0.2) is 0 Å². The van der Waals surface area contributed by atoms with Crippen molar-refractivity contribution in [1.29, 1.82) is 0 Å². The van der Waals surface area contributed by atoms with E-state index in [1.54, 1.807) is 23.9 Å². The topological polar surface area (TPSA) is 52.5 Å². The van der Waals surface area contributed by atoms with E-state index >= 15 is 0 Å². The van der Waals surface area contributed by atoms with Crippen molar-refractivity contribution in [2.24, 2.45) is 0 Å². The lowest BCUT2D eigenvalue weighted by Gasteiger charge is -2.12. The molecular weight excluding hydrogens is 270 g/mol. The molecule has 0 saturated heterocycles. The van der Waals surface area contributed by atoms with Crippen LogP contribution in [0.4, 0.5) is 5.69 Å². The minimum atomic E-state index is 0.0631. The Balaban J connectivity index is 2.08. The zero-order valence-electron chi connectivity index (χ0n) is 11.0. The molecule has 0 heterocycles. The molecule has 20 heavy (non-hydrogen) atoms. The quantitative estimate of drug-likeness (QED) is 0.555. The Labute approximate surface area is 123 Å². The van der Waals surface area contributed by atoms with Gasteiger partial charge in [-0.05, 0) is 24.3 Å². The fourth-order valence-corrected chi connectivity index (χ4v) is 2.55. The van der Waals surface area contributed by atoms with Crippen molar-refractivity contribution >= 4 is 17.4 Å². The van der Waals surface area contributed by atoms with E-state index in [9.17, 15) is 10.2 Å². The van der Waals surface area contributed by atoms with E-state index in [0.717, 1.165) is 21.9 Å². The highest BCUT2D eigenvalue weighted by molar-refractivity contribution is 7.99. The summed E-state index contributed by atoms with van der Waals surface area (Å²) in [4.78, 5) is 1.14.